The SMILES string of the molecule is CSc1ccc(NC(C(=O)OC(C#N)c2cccc(Oc3ccccc3)n2)C(C)C)cc1. The predicted octanol–water partition coefficient (Wildman–Crippen LogP) is 5.84. The first-order valence-electron chi connectivity index (χ1n) is 10.2. The van der Waals surface area contributed by atoms with Crippen LogP contribution >= 0.6 is 11.8 Å². The lowest BCUT2D eigenvalue weighted by atomic mass is 10.0. The zero-order valence-electron chi connectivity index (χ0n) is 18.2. The van der Waals surface area contributed by atoms with Crippen LogP contribution in [0.15, 0.2) is 77.7 Å². The van der Waals surface area contributed by atoms with Crippen molar-refractivity contribution < 1.29 is 14.3 Å². The molecule has 2 atom stereocenters. The van der Waals surface area contributed by atoms with E-state index in [-0.39, 0.29) is 5.92 Å². The van der Waals surface area contributed by atoms with E-state index in [4.69, 9.17) is 9.47 Å². The molecule has 32 heavy (non-hydrogen) atoms. The van der Waals surface area contributed by atoms with Crippen LogP contribution in [0.1, 0.15) is 25.6 Å². The van der Waals surface area contributed by atoms with Gasteiger partial charge in [-0.05, 0) is 54.6 Å². The molecule has 2 unspecified atom stereocenters. The van der Waals surface area contributed by atoms with Gasteiger partial charge < -0.3 is 14.8 Å². The van der Waals surface area contributed by atoms with Gasteiger partial charge >= 0.3 is 5.97 Å². The summed E-state index contributed by atoms with van der Waals surface area (Å²) in [5.74, 6) is 0.371. The summed E-state index contributed by atoms with van der Waals surface area (Å²) in [5.41, 5.74) is 1.12. The van der Waals surface area contributed by atoms with E-state index in [2.05, 4.69) is 10.3 Å². The Morgan fingerprint density at radius 1 is 1.03 bits per heavy atom. The van der Waals surface area contributed by atoms with Gasteiger partial charge in [-0.25, -0.2) is 9.78 Å². The van der Waals surface area contributed by atoms with Gasteiger partial charge in [0.25, 0.3) is 0 Å². The van der Waals surface area contributed by atoms with Gasteiger partial charge in [0, 0.05) is 16.6 Å². The molecule has 0 aliphatic heterocycles. The van der Waals surface area contributed by atoms with Crippen LogP contribution in [0.3, 0.4) is 0 Å². The van der Waals surface area contributed by atoms with Crippen LogP contribution in [-0.4, -0.2) is 23.3 Å². The third-order valence-electron chi connectivity index (χ3n) is 4.66. The Morgan fingerprint density at radius 3 is 2.38 bits per heavy atom. The van der Waals surface area contributed by atoms with Crippen molar-refractivity contribution in [1.29, 1.82) is 5.26 Å². The number of anilines is 1. The first-order chi connectivity index (χ1) is 15.5. The number of nitriles is 1. The van der Waals surface area contributed by atoms with Crippen LogP contribution in [0.4, 0.5) is 5.69 Å². The Labute approximate surface area is 192 Å². The molecule has 3 aromatic rings. The Kier molecular flexibility index (Phi) is 8.12. The number of thioether (sulfide) groups is 1. The fraction of sp³-hybridized carbons (Fsp3) is 0.240. The highest BCUT2D eigenvalue weighted by molar-refractivity contribution is 7.98. The van der Waals surface area contributed by atoms with Crippen molar-refractivity contribution in [3.05, 3.63) is 78.5 Å². The van der Waals surface area contributed by atoms with Crippen LogP contribution in [0, 0.1) is 17.2 Å². The van der Waals surface area contributed by atoms with Gasteiger partial charge in [0.15, 0.2) is 0 Å². The molecular formula is C25H25N3O3S. The van der Waals surface area contributed by atoms with E-state index in [1.165, 1.54) is 0 Å². The standard InChI is InChI=1S/C25H25N3O3S/c1-17(2)24(27-18-12-14-20(32-3)15-13-18)25(29)31-22(16-26)21-10-7-11-23(28-21)30-19-8-5-4-6-9-19/h4-15,17,22,24,27H,1-3H3. The van der Waals surface area contributed by atoms with Crippen molar-refractivity contribution in [3.63, 3.8) is 0 Å². The molecule has 2 aromatic carbocycles. The number of hydrogen-bond donors (Lipinski definition) is 1. The molecule has 0 aliphatic carbocycles. The summed E-state index contributed by atoms with van der Waals surface area (Å²) in [5, 5.41) is 12.9. The van der Waals surface area contributed by atoms with E-state index < -0.39 is 18.1 Å². The number of nitrogens with one attached hydrogen (secondary N) is 1. The number of carbonyl (C=O) groups excluding carboxylic acids is 1. The molecule has 0 fully saturated rings. The second kappa shape index (κ2) is 11.2. The van der Waals surface area contributed by atoms with E-state index in [1.807, 2.05) is 68.6 Å². The number of rotatable bonds is 9. The Balaban J connectivity index is 1.72. The molecule has 6 nitrogen and oxygen atoms in total. The van der Waals surface area contributed by atoms with Gasteiger partial charge in [-0.3, -0.25) is 0 Å². The largest absolute Gasteiger partial charge is 0.439 e. The molecule has 0 saturated carbocycles. The number of para-hydroxylation sites is 1. The third kappa shape index (κ3) is 6.25. The van der Waals surface area contributed by atoms with Gasteiger partial charge in [0.1, 0.15) is 17.9 Å². The summed E-state index contributed by atoms with van der Waals surface area (Å²) < 4.78 is 11.3. The minimum atomic E-state index is -1.15. The Hall–Kier alpha value is -3.50. The zero-order chi connectivity index (χ0) is 22.9. The van der Waals surface area contributed by atoms with Gasteiger partial charge in [-0.2, -0.15) is 5.26 Å². The van der Waals surface area contributed by atoms with Crippen molar-refractivity contribution >= 4 is 23.4 Å². The van der Waals surface area contributed by atoms with E-state index in [9.17, 15) is 10.1 Å². The lowest BCUT2D eigenvalue weighted by Gasteiger charge is -2.23. The second-order valence-corrected chi connectivity index (χ2v) is 8.24. The summed E-state index contributed by atoms with van der Waals surface area (Å²) >= 11 is 1.65. The average molecular weight is 448 g/mol. The minimum Gasteiger partial charge on any atom is -0.439 e. The summed E-state index contributed by atoms with van der Waals surface area (Å²) in [7, 11) is 0. The predicted molar refractivity (Wildman–Crippen MR) is 126 cm³/mol. The van der Waals surface area contributed by atoms with Gasteiger partial charge in [-0.1, -0.05) is 38.1 Å². The molecule has 1 aromatic heterocycles. The number of ether oxygens (including phenoxy) is 2. The van der Waals surface area contributed by atoms with Crippen LogP contribution < -0.4 is 10.1 Å². The van der Waals surface area contributed by atoms with E-state index >= 15 is 0 Å². The van der Waals surface area contributed by atoms with Gasteiger partial charge in [-0.15, -0.1) is 11.8 Å². The molecular weight excluding hydrogens is 422 g/mol. The van der Waals surface area contributed by atoms with Crippen molar-refractivity contribution in [2.45, 2.75) is 30.9 Å². The van der Waals surface area contributed by atoms with Crippen LogP contribution in [0.2, 0.25) is 0 Å². The van der Waals surface area contributed by atoms with E-state index in [1.54, 1.807) is 42.1 Å². The highest BCUT2D eigenvalue weighted by Crippen LogP contribution is 2.24. The maximum absolute atomic E-state index is 12.9. The number of benzene rings is 2. The van der Waals surface area contributed by atoms with Crippen LogP contribution in [0.5, 0.6) is 11.6 Å². The van der Waals surface area contributed by atoms with Crippen molar-refractivity contribution in [1.82, 2.24) is 4.98 Å². The molecule has 0 saturated heterocycles. The smallest absolute Gasteiger partial charge is 0.330 e. The van der Waals surface area contributed by atoms with Crippen molar-refractivity contribution in [2.24, 2.45) is 5.92 Å². The summed E-state index contributed by atoms with van der Waals surface area (Å²) in [6.07, 6.45) is 0.857. The first-order valence-corrected chi connectivity index (χ1v) is 11.4. The number of nitrogens with zero attached hydrogens (tertiary/aromatic N) is 2. The highest BCUT2D eigenvalue weighted by Gasteiger charge is 2.28. The zero-order valence-corrected chi connectivity index (χ0v) is 19.0. The summed E-state index contributed by atoms with van der Waals surface area (Å²) in [4.78, 5) is 18.4. The molecule has 7 heteroatoms. The minimum absolute atomic E-state index is 0.0530. The van der Waals surface area contributed by atoms with Crippen molar-refractivity contribution in [3.8, 4) is 17.7 Å². The fourth-order valence-electron chi connectivity index (χ4n) is 2.95. The lowest BCUT2D eigenvalue weighted by molar-refractivity contribution is -0.149. The first kappa shape index (κ1) is 23.2. The maximum Gasteiger partial charge on any atom is 0.330 e. The molecule has 164 valence electrons. The highest BCUT2D eigenvalue weighted by atomic mass is 32.2. The lowest BCUT2D eigenvalue weighted by Crippen LogP contribution is -2.36. The number of pyridine rings is 1. The van der Waals surface area contributed by atoms with Crippen molar-refractivity contribution in [2.75, 3.05) is 11.6 Å². The fourth-order valence-corrected chi connectivity index (χ4v) is 3.36. The average Bonchev–Trinajstić information content (AvgIpc) is 2.82. The molecule has 0 amide bonds. The van der Waals surface area contributed by atoms with E-state index in [0.29, 0.717) is 17.3 Å². The van der Waals surface area contributed by atoms with Crippen LogP contribution in [-0.2, 0) is 9.53 Å². The molecule has 3 rings (SSSR count). The Morgan fingerprint density at radius 2 is 1.75 bits per heavy atom. The topological polar surface area (TPSA) is 84.2 Å². The number of hydrogen-bond acceptors (Lipinski definition) is 7. The molecule has 0 radical (unpaired) electrons. The third-order valence-corrected chi connectivity index (χ3v) is 5.41. The Bertz CT molecular complexity index is 1070. The van der Waals surface area contributed by atoms with Gasteiger partial charge in [0.2, 0.25) is 12.0 Å². The van der Waals surface area contributed by atoms with Crippen LogP contribution in [0.25, 0.3) is 0 Å². The second-order valence-electron chi connectivity index (χ2n) is 7.36. The number of aromatic nitrogens is 1. The number of carbonyl (C=O) groups is 1. The van der Waals surface area contributed by atoms with Gasteiger partial charge in [0.05, 0.1) is 5.69 Å². The normalized spacial score (nSPS) is 12.5. The quantitative estimate of drug-likeness (QED) is 0.326. The molecule has 1 N–H and O–H groups in total. The molecule has 0 aliphatic rings. The number of esters is 1. The molecule has 1 heterocycles. The monoisotopic (exact) mass is 447 g/mol. The summed E-state index contributed by atoms with van der Waals surface area (Å²) in [6, 6.07) is 23.4. The molecule has 0 spiro atoms. The summed E-state index contributed by atoms with van der Waals surface area (Å²) in [6.45, 7) is 3.84. The maximum atomic E-state index is 12.9. The van der Waals surface area contributed by atoms with E-state index in [0.717, 1.165) is 10.6 Å². The molecule has 0 bridgehead atoms.